The van der Waals surface area contributed by atoms with Gasteiger partial charge in [0.05, 0.1) is 23.5 Å². The highest BCUT2D eigenvalue weighted by atomic mass is 19.1. The minimum Gasteiger partial charge on any atom is -0.481 e. The van der Waals surface area contributed by atoms with E-state index in [4.69, 9.17) is 9.47 Å². The first-order valence-electron chi connectivity index (χ1n) is 15.5. The molecule has 0 aromatic heterocycles. The summed E-state index contributed by atoms with van der Waals surface area (Å²) in [7, 11) is 0. The molecule has 8 atom stereocenters. The highest BCUT2D eigenvalue weighted by Gasteiger charge is 2.79. The summed E-state index contributed by atoms with van der Waals surface area (Å²) >= 11 is 0. The Hall–Kier alpha value is -2.39. The Labute approximate surface area is 246 Å². The van der Waals surface area contributed by atoms with Crippen molar-refractivity contribution in [1.29, 1.82) is 0 Å². The van der Waals surface area contributed by atoms with Crippen LogP contribution >= 0.6 is 0 Å². The van der Waals surface area contributed by atoms with Gasteiger partial charge in [-0.1, -0.05) is 18.6 Å². The van der Waals surface area contributed by atoms with Gasteiger partial charge in [-0.25, -0.2) is 4.39 Å². The molecule has 1 aliphatic heterocycles. The van der Waals surface area contributed by atoms with Gasteiger partial charge in [-0.15, -0.1) is 0 Å². The van der Waals surface area contributed by atoms with E-state index in [0.717, 1.165) is 0 Å². The summed E-state index contributed by atoms with van der Waals surface area (Å²) in [4.78, 5) is 50.7. The molecule has 0 amide bonds. The van der Waals surface area contributed by atoms with Gasteiger partial charge in [0.15, 0.2) is 18.1 Å². The molecule has 42 heavy (non-hydrogen) atoms. The second kappa shape index (κ2) is 9.55. The van der Waals surface area contributed by atoms with Gasteiger partial charge >= 0.3 is 11.9 Å². The van der Waals surface area contributed by atoms with Gasteiger partial charge in [-0.2, -0.15) is 0 Å². The number of ether oxygens (including phenoxy) is 2. The number of carboxylic acid groups (broad SMARTS) is 1. The van der Waals surface area contributed by atoms with Gasteiger partial charge in [0.25, 0.3) is 0 Å². The number of ketones is 2. The monoisotopic (exact) mass is 586 g/mol. The lowest BCUT2D eigenvalue weighted by atomic mass is 9.44. The molecule has 0 spiro atoms. The van der Waals surface area contributed by atoms with Crippen molar-refractivity contribution in [3.63, 3.8) is 0 Å². The van der Waals surface area contributed by atoms with Gasteiger partial charge in [0, 0.05) is 16.7 Å². The minimum atomic E-state index is -2.00. The molecule has 5 aliphatic carbocycles. The highest BCUT2D eigenvalue weighted by molar-refractivity contribution is 6.01. The van der Waals surface area contributed by atoms with Crippen molar-refractivity contribution >= 4 is 23.5 Å². The minimum absolute atomic E-state index is 0.0147. The Morgan fingerprint density at radius 2 is 1.69 bits per heavy atom. The third-order valence-electron chi connectivity index (χ3n) is 12.3. The molecule has 0 aromatic rings. The topological polar surface area (TPSA) is 127 Å². The third kappa shape index (κ3) is 3.91. The maximum absolute atomic E-state index is 17.6. The number of rotatable bonds is 5. The number of allylic oxidation sites excluding steroid dienone is 4. The Kier molecular flexibility index (Phi) is 6.75. The van der Waals surface area contributed by atoms with Crippen molar-refractivity contribution in [3.8, 4) is 0 Å². The van der Waals surface area contributed by atoms with E-state index in [1.165, 1.54) is 12.2 Å². The molecular formula is C33H43FO8. The summed E-state index contributed by atoms with van der Waals surface area (Å²) in [6.45, 7) is 7.13. The van der Waals surface area contributed by atoms with Crippen LogP contribution in [0.15, 0.2) is 23.8 Å². The first kappa shape index (κ1) is 29.7. The fourth-order valence-electron chi connectivity index (χ4n) is 10.4. The number of fused-ring (bicyclic) bond motifs is 7. The predicted molar refractivity (Wildman–Crippen MR) is 149 cm³/mol. The van der Waals surface area contributed by atoms with Gasteiger partial charge in [0.2, 0.25) is 5.78 Å². The van der Waals surface area contributed by atoms with Crippen LogP contribution in [0.25, 0.3) is 0 Å². The number of carbonyl (C=O) groups excluding carboxylic acids is 3. The number of Topliss-reactive ketones (excluding diaryl/α,β-unsaturated/α-hetero) is 1. The van der Waals surface area contributed by atoms with Crippen molar-refractivity contribution in [2.75, 3.05) is 6.61 Å². The molecule has 4 saturated carbocycles. The fraction of sp³-hybridized carbons (Fsp3) is 0.758. The van der Waals surface area contributed by atoms with E-state index in [2.05, 4.69) is 0 Å². The van der Waals surface area contributed by atoms with Gasteiger partial charge in [-0.3, -0.25) is 19.2 Å². The fourth-order valence-corrected chi connectivity index (χ4v) is 10.4. The van der Waals surface area contributed by atoms with Crippen molar-refractivity contribution in [3.05, 3.63) is 23.8 Å². The van der Waals surface area contributed by atoms with E-state index < -0.39 is 70.1 Å². The molecule has 230 valence electrons. The van der Waals surface area contributed by atoms with E-state index in [9.17, 15) is 29.4 Å². The quantitative estimate of drug-likeness (QED) is 0.450. The molecule has 0 unspecified atom stereocenters. The van der Waals surface area contributed by atoms with E-state index in [0.29, 0.717) is 56.9 Å². The number of aliphatic hydroxyl groups is 1. The normalized spacial score (nSPS) is 47.0. The van der Waals surface area contributed by atoms with Gasteiger partial charge in [-0.05, 0) is 103 Å². The third-order valence-corrected chi connectivity index (χ3v) is 12.3. The zero-order valence-corrected chi connectivity index (χ0v) is 25.0. The Balaban J connectivity index is 1.28. The van der Waals surface area contributed by atoms with Crippen molar-refractivity contribution < 1.29 is 43.3 Å². The SMILES string of the molecule is CC1(C)C[C@@H]2C[C@H]3[C@@H]4CCC5=CC(=O)C=C[C@]5(C)[C@@]4(F)[C@@H](O)C[C@]3(C)[C@]2(C(=O)COC(=O)C2CCC(C(=O)O)CC2)O1. The number of carboxylic acids is 1. The van der Waals surface area contributed by atoms with Crippen molar-refractivity contribution in [1.82, 2.24) is 0 Å². The zero-order chi connectivity index (χ0) is 30.5. The molecule has 1 saturated heterocycles. The Bertz CT molecular complexity index is 1280. The summed E-state index contributed by atoms with van der Waals surface area (Å²) < 4.78 is 29.9. The second-order valence-electron chi connectivity index (χ2n) is 14.9. The number of halogens is 1. The molecule has 0 radical (unpaired) electrons. The average molecular weight is 587 g/mol. The van der Waals surface area contributed by atoms with E-state index in [1.54, 1.807) is 13.0 Å². The second-order valence-corrected chi connectivity index (χ2v) is 14.9. The first-order chi connectivity index (χ1) is 19.6. The van der Waals surface area contributed by atoms with Crippen LogP contribution in [0.1, 0.15) is 85.5 Å². The number of aliphatic carboxylic acids is 1. The Morgan fingerprint density at radius 1 is 1.02 bits per heavy atom. The van der Waals surface area contributed by atoms with Crippen LogP contribution in [-0.4, -0.2) is 63.3 Å². The summed E-state index contributed by atoms with van der Waals surface area (Å²) in [6.07, 6.45) is 6.94. The smallest absolute Gasteiger partial charge is 0.309 e. The largest absolute Gasteiger partial charge is 0.481 e. The number of alkyl halides is 1. The maximum Gasteiger partial charge on any atom is 0.309 e. The first-order valence-corrected chi connectivity index (χ1v) is 15.5. The van der Waals surface area contributed by atoms with Crippen LogP contribution < -0.4 is 0 Å². The van der Waals surface area contributed by atoms with Crippen LogP contribution in [0.3, 0.4) is 0 Å². The van der Waals surface area contributed by atoms with Crippen LogP contribution in [0.5, 0.6) is 0 Å². The lowest BCUT2D eigenvalue weighted by Crippen LogP contribution is -2.69. The molecule has 8 nitrogen and oxygen atoms in total. The molecule has 2 N–H and O–H groups in total. The number of hydrogen-bond donors (Lipinski definition) is 2. The number of esters is 1. The number of carbonyl (C=O) groups is 4. The standard InChI is InChI=1S/C33H43FO8/c1-29(2)15-21-14-24-23-10-9-20-13-22(35)11-12-30(20,3)32(23,34)25(36)16-31(24,4)33(21,42-29)26(37)17-41-28(40)19-7-5-18(6-8-19)27(38)39/h11-13,18-19,21,23-25,36H,5-10,14-17H2,1-4H3,(H,38,39)/t18?,19?,21-,23-,24-,25-,30-,31-,32-,33-/m0/s1. The molecule has 0 bridgehead atoms. The van der Waals surface area contributed by atoms with Gasteiger partial charge in [0.1, 0.15) is 5.60 Å². The summed E-state index contributed by atoms with van der Waals surface area (Å²) in [5.74, 6) is -3.78. The van der Waals surface area contributed by atoms with Crippen LogP contribution in [0.4, 0.5) is 4.39 Å². The predicted octanol–water partition coefficient (Wildman–Crippen LogP) is 4.52. The van der Waals surface area contributed by atoms with E-state index in [-0.39, 0.29) is 29.8 Å². The average Bonchev–Trinajstić information content (AvgIpc) is 3.34. The molecule has 5 fully saturated rings. The zero-order valence-electron chi connectivity index (χ0n) is 25.0. The lowest BCUT2D eigenvalue weighted by Gasteiger charge is -2.63. The number of hydrogen-bond acceptors (Lipinski definition) is 7. The van der Waals surface area contributed by atoms with Crippen molar-refractivity contribution in [2.45, 2.75) is 108 Å². The van der Waals surface area contributed by atoms with Crippen LogP contribution in [-0.2, 0) is 28.7 Å². The number of aliphatic hydroxyl groups excluding tert-OH is 1. The van der Waals surface area contributed by atoms with E-state index >= 15 is 4.39 Å². The summed E-state index contributed by atoms with van der Waals surface area (Å²) in [5, 5.41) is 21.0. The molecule has 1 heterocycles. The Morgan fingerprint density at radius 3 is 2.36 bits per heavy atom. The van der Waals surface area contributed by atoms with E-state index in [1.807, 2.05) is 20.8 Å². The van der Waals surface area contributed by atoms with Crippen molar-refractivity contribution in [2.24, 2.45) is 40.4 Å². The maximum atomic E-state index is 17.6. The van der Waals surface area contributed by atoms with Crippen LogP contribution in [0, 0.1) is 40.4 Å². The molecule has 9 heteroatoms. The summed E-state index contributed by atoms with van der Waals surface area (Å²) in [6, 6.07) is 0. The van der Waals surface area contributed by atoms with Crippen LogP contribution in [0.2, 0.25) is 0 Å². The van der Waals surface area contributed by atoms with Gasteiger partial charge < -0.3 is 19.7 Å². The molecule has 0 aromatic carbocycles. The molecule has 6 rings (SSSR count). The lowest BCUT2D eigenvalue weighted by molar-refractivity contribution is -0.234. The highest BCUT2D eigenvalue weighted by Crippen LogP contribution is 2.74. The summed E-state index contributed by atoms with van der Waals surface area (Å²) in [5.41, 5.74) is -5.25. The molecular weight excluding hydrogens is 543 g/mol. The molecule has 6 aliphatic rings.